The summed E-state index contributed by atoms with van der Waals surface area (Å²) in [5, 5.41) is 26.6. The minimum Gasteiger partial charge on any atom is -0.386 e. The first-order chi connectivity index (χ1) is 30.6. The van der Waals surface area contributed by atoms with Crippen LogP contribution in [0.1, 0.15) is 110 Å². The third-order valence-electron chi connectivity index (χ3n) is 9.91. The molecule has 0 aromatic carbocycles. The summed E-state index contributed by atoms with van der Waals surface area (Å²) >= 11 is 1.15. The van der Waals surface area contributed by atoms with Crippen LogP contribution in [0.25, 0.3) is 11.2 Å². The smallest absolute Gasteiger partial charge is 0.386 e. The monoisotopic (exact) mass is 1050 g/mol. The van der Waals surface area contributed by atoms with Crippen LogP contribution in [0.5, 0.6) is 0 Å². The predicted molar refractivity (Wildman–Crippen MR) is 252 cm³/mol. The minimum absolute atomic E-state index is 0. The highest BCUT2D eigenvalue weighted by atomic mass is 32.2. The maximum absolute atomic E-state index is 12.7. The molecule has 3 heterocycles. The number of amides is 2. The molecule has 2 aromatic rings. The molecule has 0 aliphatic carbocycles. The first-order valence-corrected chi connectivity index (χ1v) is 26.8. The Balaban J connectivity index is 0.0000150. The van der Waals surface area contributed by atoms with Gasteiger partial charge in [-0.1, -0.05) is 83.2 Å². The van der Waals surface area contributed by atoms with Crippen LogP contribution in [0.4, 0.5) is 5.82 Å². The lowest BCUT2D eigenvalue weighted by Gasteiger charge is -2.30. The number of unbranched alkanes of at least 4 members (excludes halogenated alkanes) is 9. The second kappa shape index (κ2) is 31.5. The van der Waals surface area contributed by atoms with Crippen molar-refractivity contribution in [1.29, 1.82) is 0 Å². The number of aromatic nitrogens is 4. The summed E-state index contributed by atoms with van der Waals surface area (Å²) in [6.07, 6.45) is 10.7. The number of hydrogen-bond donors (Lipinski definition) is 12. The number of nitrogens with zero attached hydrogens (tertiary/aromatic N) is 4. The van der Waals surface area contributed by atoms with Gasteiger partial charge in [-0.2, -0.15) is 4.31 Å². The number of hydrogen-bond acceptors (Lipinski definition) is 21. The number of thioether (sulfide) groups is 1. The Hall–Kier alpha value is -2.82. The summed E-state index contributed by atoms with van der Waals surface area (Å²) in [7, 11) is -16.4. The van der Waals surface area contributed by atoms with E-state index in [0.29, 0.717) is 12.2 Å². The fourth-order valence-electron chi connectivity index (χ4n) is 6.35. The number of nitrogens with two attached hydrogens (primary N) is 1. The van der Waals surface area contributed by atoms with E-state index in [0.717, 1.165) is 73.9 Å². The van der Waals surface area contributed by atoms with Gasteiger partial charge in [0.2, 0.25) is 11.8 Å². The third kappa shape index (κ3) is 23.4. The van der Waals surface area contributed by atoms with Gasteiger partial charge in [-0.3, -0.25) is 32.5 Å². The molecule has 0 bridgehead atoms. The van der Waals surface area contributed by atoms with Gasteiger partial charge in [0.05, 0.1) is 19.5 Å². The maximum atomic E-state index is 12.7. The minimum atomic E-state index is -5.57. The number of ether oxygens (including phenoxy) is 1. The number of fused-ring (bicyclic) bond motifs is 1. The van der Waals surface area contributed by atoms with Crippen molar-refractivity contribution in [3.8, 4) is 0 Å². The van der Waals surface area contributed by atoms with Crippen molar-refractivity contribution < 1.29 is 80.5 Å². The number of aliphatic hydroxyl groups is 2. The maximum Gasteiger partial charge on any atom is 0.481 e. The van der Waals surface area contributed by atoms with E-state index in [9.17, 15) is 57.9 Å². The van der Waals surface area contributed by atoms with Crippen LogP contribution in [-0.2, 0) is 50.7 Å². The summed E-state index contributed by atoms with van der Waals surface area (Å²) in [5.41, 5.74) is 4.28. The molecule has 1 fully saturated rings. The number of nitrogens with one attached hydrogen (secondary N) is 2. The average molecular weight is 1060 g/mol. The van der Waals surface area contributed by atoms with Gasteiger partial charge < -0.3 is 69.3 Å². The third-order valence-corrected chi connectivity index (χ3v) is 13.9. The van der Waals surface area contributed by atoms with Gasteiger partial charge in [-0.15, -0.1) is 0 Å². The molecule has 31 heteroatoms. The highest BCUT2D eigenvalue weighted by Gasteiger charge is 2.50. The van der Waals surface area contributed by atoms with Crippen molar-refractivity contribution in [2.45, 2.75) is 135 Å². The average Bonchev–Trinajstić information content (AvgIpc) is 3.79. The van der Waals surface area contributed by atoms with E-state index in [1.165, 1.54) is 39.5 Å². The van der Waals surface area contributed by atoms with E-state index >= 15 is 0 Å². The van der Waals surface area contributed by atoms with Gasteiger partial charge in [0.15, 0.2) is 22.8 Å². The van der Waals surface area contributed by atoms with E-state index in [4.69, 9.17) is 19.5 Å². The van der Waals surface area contributed by atoms with E-state index in [2.05, 4.69) is 53.5 Å². The Kier molecular flexibility index (Phi) is 30.2. The highest BCUT2D eigenvalue weighted by molar-refractivity contribution is 8.13. The number of carbonyl (C=O) groups excluding carboxylic acids is 3. The summed E-state index contributed by atoms with van der Waals surface area (Å²) < 4.78 is 62.4. The van der Waals surface area contributed by atoms with Gasteiger partial charge in [-0.25, -0.2) is 28.6 Å². The van der Waals surface area contributed by atoms with Gasteiger partial charge in [0.25, 0.3) is 0 Å². The van der Waals surface area contributed by atoms with Gasteiger partial charge >= 0.3 is 23.5 Å². The Morgan fingerprint density at radius 1 is 0.897 bits per heavy atom. The van der Waals surface area contributed by atoms with Crippen molar-refractivity contribution in [1.82, 2.24) is 48.6 Å². The molecule has 68 heavy (non-hydrogen) atoms. The van der Waals surface area contributed by atoms with Gasteiger partial charge in [-0.05, 0) is 32.1 Å². The van der Waals surface area contributed by atoms with Gasteiger partial charge in [0, 0.05) is 37.1 Å². The Bertz CT molecular complexity index is 2020. The number of allylic oxidation sites excluding steroid dienone is 2. The molecule has 27 nitrogen and oxygen atoms in total. The number of rotatable bonds is 32. The summed E-state index contributed by atoms with van der Waals surface area (Å²) in [4.78, 5) is 88.2. The fraction of sp³-hybridized carbons (Fsp3) is 0.730. The molecular formula is C37H73N10O17P3S. The number of phosphoric ester groups is 3. The lowest BCUT2D eigenvalue weighted by molar-refractivity contribution is -0.137. The van der Waals surface area contributed by atoms with Crippen LogP contribution in [0, 0.1) is 5.41 Å². The molecule has 2 aromatic heterocycles. The molecule has 19 N–H and O–H groups in total. The standard InChI is InChI=1S/C37H64N7O17P3S.3H3N/c1-4-5-6-7-8-9-10-11-12-13-14-15-16-17-28(46)65-21-20-39-27(45)18-19-40-35(49)32(48)37(2,3)23-58-64(55,56)61-63(53,54)57-22-26-31(60-62(50,51)52)30(47)36(59-26)44-25-43-29-33(38)41-24-42-34(29)44;;;/h9-10,24-26,30-32,36,47-48H,4-8,11-23H2,1-3H3,(H,39,45)(H,40,49)(H,53,54)(H,55,56)(H2,38,41,42)(H2,50,51,52);3*1H3/b10-9-;;;/t26-,30+,31?,32+,36-;;;/m1.../s1. The second-order valence-corrected chi connectivity index (χ2v) is 21.3. The SMILES string of the molecule is CCCCCC/C=C\CCCCCCCC(=O)SCCNC(=O)CCNC(=O)[C@H](O)C(C)(C)COP(=O)(O)OP(=O)(O)OC[C@H]1O[C@@H](n2cnc3c(N)ncnc32)[C@@H](O)C1OP(=O)(O)O.N.N.N. The van der Waals surface area contributed by atoms with Crippen LogP contribution in [0.3, 0.4) is 0 Å². The molecule has 7 atom stereocenters. The molecule has 0 radical (unpaired) electrons. The number of aliphatic hydroxyl groups excluding tert-OH is 2. The fourth-order valence-corrected chi connectivity index (χ4v) is 9.90. The molecule has 2 amide bonds. The summed E-state index contributed by atoms with van der Waals surface area (Å²) in [5.74, 6) is -1.03. The summed E-state index contributed by atoms with van der Waals surface area (Å²) in [6.45, 7) is 2.77. The Morgan fingerprint density at radius 2 is 1.51 bits per heavy atom. The second-order valence-electron chi connectivity index (χ2n) is 15.9. The first-order valence-electron chi connectivity index (χ1n) is 21.3. The van der Waals surface area contributed by atoms with Crippen molar-refractivity contribution >= 4 is 69.1 Å². The Labute approximate surface area is 400 Å². The quantitative estimate of drug-likeness (QED) is 0.0274. The molecule has 394 valence electrons. The predicted octanol–water partition coefficient (Wildman–Crippen LogP) is 4.41. The molecule has 1 aliphatic heterocycles. The molecule has 1 saturated heterocycles. The normalized spacial score (nSPS) is 19.5. The molecule has 1 aliphatic rings. The van der Waals surface area contributed by atoms with Crippen molar-refractivity contribution in [3.63, 3.8) is 0 Å². The van der Waals surface area contributed by atoms with E-state index in [1.807, 2.05) is 0 Å². The zero-order chi connectivity index (χ0) is 48.3. The van der Waals surface area contributed by atoms with E-state index < -0.39 is 84.6 Å². The molecule has 0 saturated carbocycles. The highest BCUT2D eigenvalue weighted by Crippen LogP contribution is 2.61. The number of carbonyl (C=O) groups is 3. The van der Waals surface area contributed by atoms with Gasteiger partial charge in [0.1, 0.15) is 36.3 Å². The van der Waals surface area contributed by atoms with E-state index in [1.54, 1.807) is 0 Å². The lowest BCUT2D eigenvalue weighted by Crippen LogP contribution is -2.46. The van der Waals surface area contributed by atoms with Crippen LogP contribution in [0.2, 0.25) is 0 Å². The van der Waals surface area contributed by atoms with Crippen LogP contribution < -0.4 is 34.8 Å². The largest absolute Gasteiger partial charge is 0.481 e. The number of nitrogen functional groups attached to an aromatic ring is 1. The summed E-state index contributed by atoms with van der Waals surface area (Å²) in [6, 6.07) is 0. The number of phosphoric acid groups is 3. The van der Waals surface area contributed by atoms with Crippen LogP contribution in [-0.4, -0.2) is 123 Å². The topological polar surface area (TPSA) is 469 Å². The zero-order valence-corrected chi connectivity index (χ0v) is 42.3. The van der Waals surface area contributed by atoms with Crippen LogP contribution >= 0.6 is 35.2 Å². The molecular weight excluding hydrogens is 981 g/mol. The van der Waals surface area contributed by atoms with Crippen molar-refractivity contribution in [2.24, 2.45) is 5.41 Å². The first kappa shape index (κ1) is 65.2. The molecule has 3 unspecified atom stereocenters. The molecule has 0 spiro atoms. The number of anilines is 1. The number of imidazole rings is 1. The van der Waals surface area contributed by atoms with Crippen molar-refractivity contribution in [2.75, 3.05) is 37.8 Å². The Morgan fingerprint density at radius 3 is 2.16 bits per heavy atom. The van der Waals surface area contributed by atoms with Crippen LogP contribution in [0.15, 0.2) is 24.8 Å². The van der Waals surface area contributed by atoms with Crippen molar-refractivity contribution in [3.05, 3.63) is 24.8 Å². The lowest BCUT2D eigenvalue weighted by atomic mass is 9.87. The van der Waals surface area contributed by atoms with E-state index in [-0.39, 0.29) is 60.1 Å². The molecule has 3 rings (SSSR count). The zero-order valence-electron chi connectivity index (χ0n) is 38.8.